The fourth-order valence-corrected chi connectivity index (χ4v) is 2.14. The summed E-state index contributed by atoms with van der Waals surface area (Å²) in [6, 6.07) is 7.26. The highest BCUT2D eigenvalue weighted by atomic mass is 16.2. The average molecular weight is 217 g/mol. The van der Waals surface area contributed by atoms with E-state index in [1.54, 1.807) is 31.0 Å². The molecule has 84 valence electrons. The van der Waals surface area contributed by atoms with E-state index >= 15 is 0 Å². The normalized spacial score (nSPS) is 24.6. The molecular weight excluding hydrogens is 202 g/mol. The Morgan fingerprint density at radius 2 is 1.88 bits per heavy atom. The number of carbonyl (C=O) groups is 2. The second-order valence-corrected chi connectivity index (χ2v) is 4.40. The first-order valence-corrected chi connectivity index (χ1v) is 5.44. The van der Waals surface area contributed by atoms with Gasteiger partial charge in [-0.15, -0.1) is 0 Å². The Morgan fingerprint density at radius 3 is 2.50 bits per heavy atom. The first kappa shape index (κ1) is 10.9. The molecule has 0 saturated carbocycles. The van der Waals surface area contributed by atoms with Crippen LogP contribution in [0.3, 0.4) is 0 Å². The molecule has 1 heterocycles. The second-order valence-electron chi connectivity index (χ2n) is 4.40. The number of nitrogens with zero attached hydrogens (tertiary/aromatic N) is 1. The third-order valence-electron chi connectivity index (χ3n) is 3.49. The lowest BCUT2D eigenvalue weighted by Gasteiger charge is -2.36. The van der Waals surface area contributed by atoms with E-state index in [0.29, 0.717) is 17.7 Å². The zero-order chi connectivity index (χ0) is 11.9. The lowest BCUT2D eigenvalue weighted by Crippen LogP contribution is -2.49. The zero-order valence-electron chi connectivity index (χ0n) is 9.78. The number of fused-ring (bicyclic) bond motifs is 1. The van der Waals surface area contributed by atoms with E-state index in [1.165, 1.54) is 0 Å². The van der Waals surface area contributed by atoms with E-state index in [4.69, 9.17) is 0 Å². The monoisotopic (exact) mass is 217 g/mol. The minimum absolute atomic E-state index is 0.0614. The number of carbonyl (C=O) groups excluding carboxylic acids is 2. The summed E-state index contributed by atoms with van der Waals surface area (Å²) < 4.78 is 0. The smallest absolute Gasteiger partial charge is 0.240 e. The van der Waals surface area contributed by atoms with E-state index in [0.717, 1.165) is 0 Å². The number of hydrogen-bond acceptors (Lipinski definition) is 2. The molecule has 0 unspecified atom stereocenters. The molecule has 1 aromatic rings. The quantitative estimate of drug-likeness (QED) is 0.677. The minimum atomic E-state index is -0.900. The lowest BCUT2D eigenvalue weighted by molar-refractivity contribution is -0.125. The molecule has 0 radical (unpaired) electrons. The number of anilines is 1. The highest BCUT2D eigenvalue weighted by Crippen LogP contribution is 2.38. The van der Waals surface area contributed by atoms with Crippen LogP contribution in [-0.2, 0) is 4.79 Å². The maximum absolute atomic E-state index is 12.3. The Kier molecular flexibility index (Phi) is 2.34. The van der Waals surface area contributed by atoms with Crippen LogP contribution in [0.1, 0.15) is 30.6 Å². The molecule has 1 aliphatic heterocycles. The summed E-state index contributed by atoms with van der Waals surface area (Å²) >= 11 is 0. The van der Waals surface area contributed by atoms with Gasteiger partial charge in [0.25, 0.3) is 0 Å². The van der Waals surface area contributed by atoms with E-state index in [9.17, 15) is 9.59 Å². The molecule has 0 saturated heterocycles. The molecule has 16 heavy (non-hydrogen) atoms. The van der Waals surface area contributed by atoms with Gasteiger partial charge in [0.15, 0.2) is 5.78 Å². The van der Waals surface area contributed by atoms with Crippen molar-refractivity contribution in [1.82, 2.24) is 0 Å². The van der Waals surface area contributed by atoms with E-state index < -0.39 is 5.41 Å². The predicted molar refractivity (Wildman–Crippen MR) is 62.6 cm³/mol. The summed E-state index contributed by atoms with van der Waals surface area (Å²) in [4.78, 5) is 26.0. The molecule has 1 aliphatic rings. The SMILES string of the molecule is CC[C@@]1(C)C(=O)c2ccccc2N(C)C1=O. The number of hydrogen-bond donors (Lipinski definition) is 0. The zero-order valence-corrected chi connectivity index (χ0v) is 9.78. The lowest BCUT2D eigenvalue weighted by atomic mass is 9.75. The van der Waals surface area contributed by atoms with Gasteiger partial charge in [0.2, 0.25) is 5.91 Å². The van der Waals surface area contributed by atoms with Gasteiger partial charge in [-0.25, -0.2) is 0 Å². The molecular formula is C13H15NO2. The first-order chi connectivity index (χ1) is 7.52. The number of amides is 1. The Bertz CT molecular complexity index is 467. The molecule has 0 bridgehead atoms. The standard InChI is InChI=1S/C13H15NO2/c1-4-13(2)11(15)9-7-5-6-8-10(9)14(3)12(13)16/h5-8H,4H2,1-3H3/t13-/m0/s1. The van der Waals surface area contributed by atoms with Gasteiger partial charge in [0.05, 0.1) is 5.69 Å². The Morgan fingerprint density at radius 1 is 1.25 bits per heavy atom. The summed E-state index contributed by atoms with van der Waals surface area (Å²) in [6.07, 6.45) is 0.531. The summed E-state index contributed by atoms with van der Waals surface area (Å²) in [5.74, 6) is -0.174. The molecule has 2 rings (SSSR count). The van der Waals surface area contributed by atoms with Crippen molar-refractivity contribution in [2.24, 2.45) is 5.41 Å². The fourth-order valence-electron chi connectivity index (χ4n) is 2.14. The van der Waals surface area contributed by atoms with Gasteiger partial charge in [0, 0.05) is 12.6 Å². The minimum Gasteiger partial charge on any atom is -0.314 e. The summed E-state index contributed by atoms with van der Waals surface area (Å²) in [6.45, 7) is 3.60. The molecule has 0 fully saturated rings. The van der Waals surface area contributed by atoms with Crippen LogP contribution in [0, 0.1) is 5.41 Å². The van der Waals surface area contributed by atoms with E-state index in [2.05, 4.69) is 0 Å². The van der Waals surface area contributed by atoms with Crippen molar-refractivity contribution in [3.63, 3.8) is 0 Å². The largest absolute Gasteiger partial charge is 0.314 e. The molecule has 0 N–H and O–H groups in total. The van der Waals surface area contributed by atoms with Crippen molar-refractivity contribution < 1.29 is 9.59 Å². The predicted octanol–water partition coefficient (Wildman–Crippen LogP) is 2.26. The van der Waals surface area contributed by atoms with Gasteiger partial charge in [-0.2, -0.15) is 0 Å². The van der Waals surface area contributed by atoms with Crippen LogP contribution in [0.5, 0.6) is 0 Å². The summed E-state index contributed by atoms with van der Waals surface area (Å²) in [5.41, 5.74) is 0.459. The van der Waals surface area contributed by atoms with E-state index in [1.807, 2.05) is 19.1 Å². The van der Waals surface area contributed by atoms with Gasteiger partial charge < -0.3 is 4.90 Å². The molecule has 0 spiro atoms. The third-order valence-corrected chi connectivity index (χ3v) is 3.49. The molecule has 0 aliphatic carbocycles. The highest BCUT2D eigenvalue weighted by molar-refractivity contribution is 6.24. The molecule has 3 nitrogen and oxygen atoms in total. The second kappa shape index (κ2) is 3.44. The summed E-state index contributed by atoms with van der Waals surface area (Å²) in [5, 5.41) is 0. The number of Topliss-reactive ketones (excluding diaryl/α,β-unsaturated/α-hetero) is 1. The maximum atomic E-state index is 12.3. The van der Waals surface area contributed by atoms with Crippen molar-refractivity contribution in [3.8, 4) is 0 Å². The Hall–Kier alpha value is -1.64. The van der Waals surface area contributed by atoms with E-state index in [-0.39, 0.29) is 11.7 Å². The number of rotatable bonds is 1. The summed E-state index contributed by atoms with van der Waals surface area (Å²) in [7, 11) is 1.72. The van der Waals surface area contributed by atoms with Crippen molar-refractivity contribution in [1.29, 1.82) is 0 Å². The van der Waals surface area contributed by atoms with Gasteiger partial charge >= 0.3 is 0 Å². The Labute approximate surface area is 95.1 Å². The average Bonchev–Trinajstić information content (AvgIpc) is 2.33. The van der Waals surface area contributed by atoms with Crippen molar-refractivity contribution >= 4 is 17.4 Å². The number of ketones is 1. The van der Waals surface area contributed by atoms with Crippen LogP contribution >= 0.6 is 0 Å². The molecule has 1 amide bonds. The van der Waals surface area contributed by atoms with Crippen LogP contribution in [0.15, 0.2) is 24.3 Å². The van der Waals surface area contributed by atoms with Gasteiger partial charge in [-0.3, -0.25) is 9.59 Å². The molecule has 0 aromatic heterocycles. The van der Waals surface area contributed by atoms with Crippen LogP contribution in [0.25, 0.3) is 0 Å². The van der Waals surface area contributed by atoms with Crippen LogP contribution in [0.2, 0.25) is 0 Å². The highest BCUT2D eigenvalue weighted by Gasteiger charge is 2.46. The topological polar surface area (TPSA) is 37.4 Å². The fraction of sp³-hybridized carbons (Fsp3) is 0.385. The molecule has 3 heteroatoms. The van der Waals surface area contributed by atoms with Crippen LogP contribution in [-0.4, -0.2) is 18.7 Å². The first-order valence-electron chi connectivity index (χ1n) is 5.44. The maximum Gasteiger partial charge on any atom is 0.240 e. The molecule has 1 atom stereocenters. The van der Waals surface area contributed by atoms with Crippen LogP contribution in [0.4, 0.5) is 5.69 Å². The molecule has 1 aromatic carbocycles. The van der Waals surface area contributed by atoms with Crippen molar-refractivity contribution in [3.05, 3.63) is 29.8 Å². The van der Waals surface area contributed by atoms with Gasteiger partial charge in [-0.1, -0.05) is 19.1 Å². The van der Waals surface area contributed by atoms with Gasteiger partial charge in [-0.05, 0) is 25.5 Å². The van der Waals surface area contributed by atoms with Crippen molar-refractivity contribution in [2.45, 2.75) is 20.3 Å². The van der Waals surface area contributed by atoms with Crippen LogP contribution < -0.4 is 4.90 Å². The number of benzene rings is 1. The third kappa shape index (κ3) is 1.21. The van der Waals surface area contributed by atoms with Crippen molar-refractivity contribution in [2.75, 3.05) is 11.9 Å². The van der Waals surface area contributed by atoms with Gasteiger partial charge in [0.1, 0.15) is 5.41 Å². The Balaban J connectivity index is 2.66. The number of para-hydroxylation sites is 1.